The van der Waals surface area contributed by atoms with E-state index < -0.39 is 0 Å². The normalized spacial score (nSPS) is 24.2. The van der Waals surface area contributed by atoms with E-state index in [1.54, 1.807) is 0 Å². The fourth-order valence-corrected chi connectivity index (χ4v) is 4.96. The van der Waals surface area contributed by atoms with Gasteiger partial charge in [0.1, 0.15) is 5.75 Å². The molecule has 8 nitrogen and oxygen atoms in total. The van der Waals surface area contributed by atoms with E-state index in [1.165, 1.54) is 0 Å². The highest BCUT2D eigenvalue weighted by Gasteiger charge is 2.53. The summed E-state index contributed by atoms with van der Waals surface area (Å²) in [5, 5.41) is 8.69. The Kier molecular flexibility index (Phi) is 5.20. The molecule has 0 bridgehead atoms. The third-order valence-corrected chi connectivity index (χ3v) is 6.57. The van der Waals surface area contributed by atoms with Crippen molar-refractivity contribution >= 4 is 5.91 Å². The Bertz CT molecular complexity index is 874. The summed E-state index contributed by atoms with van der Waals surface area (Å²) in [5.41, 5.74) is 0.106. The first-order valence-corrected chi connectivity index (χ1v) is 10.7. The Hall–Kier alpha value is -2.45. The molecular weight excluding hydrogens is 384 g/mol. The standard InChI is InChI=1S/C22H28N4O4/c1-25-13-22(14-26(15-22)19(27)12-29-17-5-3-2-4-6-17)11-18(25)21-24-23-20(30-21)16-7-9-28-10-8-16/h2-6,16,18H,7-15H2,1H3. The molecule has 3 saturated heterocycles. The van der Waals surface area contributed by atoms with Crippen LogP contribution in [0.4, 0.5) is 0 Å². The quantitative estimate of drug-likeness (QED) is 0.745. The van der Waals surface area contributed by atoms with Gasteiger partial charge < -0.3 is 18.8 Å². The maximum absolute atomic E-state index is 12.5. The number of ether oxygens (including phenoxy) is 2. The van der Waals surface area contributed by atoms with Crippen molar-refractivity contribution in [1.29, 1.82) is 0 Å². The van der Waals surface area contributed by atoms with Crippen LogP contribution >= 0.6 is 0 Å². The van der Waals surface area contributed by atoms with Gasteiger partial charge in [0.2, 0.25) is 11.8 Å². The van der Waals surface area contributed by atoms with Crippen molar-refractivity contribution in [2.75, 3.05) is 46.5 Å². The first-order valence-electron chi connectivity index (χ1n) is 10.7. The average molecular weight is 412 g/mol. The maximum Gasteiger partial charge on any atom is 0.260 e. The molecule has 5 rings (SSSR count). The van der Waals surface area contributed by atoms with E-state index in [9.17, 15) is 4.79 Å². The van der Waals surface area contributed by atoms with Gasteiger partial charge in [-0.25, -0.2) is 0 Å². The van der Waals surface area contributed by atoms with Crippen LogP contribution in [-0.2, 0) is 9.53 Å². The molecule has 1 aromatic heterocycles. The van der Waals surface area contributed by atoms with Crippen molar-refractivity contribution in [2.45, 2.75) is 31.2 Å². The van der Waals surface area contributed by atoms with Crippen molar-refractivity contribution in [3.63, 3.8) is 0 Å². The van der Waals surface area contributed by atoms with E-state index in [4.69, 9.17) is 13.9 Å². The molecule has 1 atom stereocenters. The Morgan fingerprint density at radius 3 is 2.63 bits per heavy atom. The smallest absolute Gasteiger partial charge is 0.260 e. The molecule has 1 unspecified atom stereocenters. The third-order valence-electron chi connectivity index (χ3n) is 6.57. The van der Waals surface area contributed by atoms with Crippen molar-refractivity contribution in [3.8, 4) is 5.75 Å². The number of benzene rings is 1. The number of para-hydroxylation sites is 1. The summed E-state index contributed by atoms with van der Waals surface area (Å²) >= 11 is 0. The van der Waals surface area contributed by atoms with Crippen molar-refractivity contribution in [3.05, 3.63) is 42.1 Å². The fraction of sp³-hybridized carbons (Fsp3) is 0.591. The van der Waals surface area contributed by atoms with Gasteiger partial charge >= 0.3 is 0 Å². The van der Waals surface area contributed by atoms with Crippen LogP contribution in [-0.4, -0.2) is 72.4 Å². The Morgan fingerprint density at radius 2 is 1.87 bits per heavy atom. The molecule has 1 aromatic carbocycles. The zero-order valence-corrected chi connectivity index (χ0v) is 17.3. The second-order valence-electron chi connectivity index (χ2n) is 8.85. The van der Waals surface area contributed by atoms with E-state index in [0.717, 1.165) is 63.8 Å². The van der Waals surface area contributed by atoms with E-state index >= 15 is 0 Å². The fourth-order valence-electron chi connectivity index (χ4n) is 4.96. The zero-order chi connectivity index (χ0) is 20.6. The number of carbonyl (C=O) groups is 1. The van der Waals surface area contributed by atoms with E-state index in [2.05, 4.69) is 22.1 Å². The summed E-state index contributed by atoms with van der Waals surface area (Å²) < 4.78 is 17.1. The molecule has 1 amide bonds. The van der Waals surface area contributed by atoms with Crippen molar-refractivity contribution in [2.24, 2.45) is 5.41 Å². The van der Waals surface area contributed by atoms with Crippen molar-refractivity contribution < 1.29 is 18.7 Å². The molecule has 3 fully saturated rings. The van der Waals surface area contributed by atoms with Crippen LogP contribution in [0.2, 0.25) is 0 Å². The van der Waals surface area contributed by atoms with E-state index in [1.807, 2.05) is 35.2 Å². The summed E-state index contributed by atoms with van der Waals surface area (Å²) in [6, 6.07) is 9.57. The second-order valence-corrected chi connectivity index (χ2v) is 8.85. The van der Waals surface area contributed by atoms with Crippen LogP contribution in [0.3, 0.4) is 0 Å². The summed E-state index contributed by atoms with van der Waals surface area (Å²) in [4.78, 5) is 16.7. The minimum atomic E-state index is 0.0372. The van der Waals surface area contributed by atoms with Gasteiger partial charge in [0, 0.05) is 44.2 Å². The summed E-state index contributed by atoms with van der Waals surface area (Å²) in [6.07, 6.45) is 2.81. The first kappa shape index (κ1) is 19.5. The summed E-state index contributed by atoms with van der Waals surface area (Å²) in [5.74, 6) is 2.51. The van der Waals surface area contributed by atoms with E-state index in [-0.39, 0.29) is 24.0 Å². The SMILES string of the molecule is CN1CC2(CC1c1nnc(C3CCOCC3)o1)CN(C(=O)COc1ccccc1)C2. The first-order chi connectivity index (χ1) is 14.6. The van der Waals surface area contributed by atoms with Crippen LogP contribution in [0, 0.1) is 5.41 Å². The van der Waals surface area contributed by atoms with Gasteiger partial charge in [-0.1, -0.05) is 18.2 Å². The molecule has 3 aliphatic rings. The molecule has 4 heterocycles. The van der Waals surface area contributed by atoms with Gasteiger partial charge in [0.15, 0.2) is 6.61 Å². The number of hydrogen-bond donors (Lipinski definition) is 0. The summed E-state index contributed by atoms with van der Waals surface area (Å²) in [7, 11) is 2.10. The monoisotopic (exact) mass is 412 g/mol. The highest BCUT2D eigenvalue weighted by Crippen LogP contribution is 2.47. The van der Waals surface area contributed by atoms with Crippen LogP contribution in [0.25, 0.3) is 0 Å². The lowest BCUT2D eigenvalue weighted by atomic mass is 9.77. The van der Waals surface area contributed by atoms with E-state index in [0.29, 0.717) is 11.8 Å². The molecule has 0 radical (unpaired) electrons. The Balaban J connectivity index is 1.16. The number of hydrogen-bond acceptors (Lipinski definition) is 7. The lowest BCUT2D eigenvalue weighted by Crippen LogP contribution is -2.60. The average Bonchev–Trinajstić information content (AvgIpc) is 3.37. The molecule has 2 aromatic rings. The number of amides is 1. The number of rotatable bonds is 5. The van der Waals surface area contributed by atoms with Gasteiger partial charge in [-0.05, 0) is 38.4 Å². The Labute approximate surface area is 176 Å². The lowest BCUT2D eigenvalue weighted by molar-refractivity contribution is -0.144. The number of aromatic nitrogens is 2. The molecule has 0 aliphatic carbocycles. The molecule has 0 saturated carbocycles. The van der Waals surface area contributed by atoms with Crippen LogP contribution < -0.4 is 4.74 Å². The molecular formula is C22H28N4O4. The highest BCUT2D eigenvalue weighted by molar-refractivity contribution is 5.78. The molecule has 1 spiro atoms. The molecule has 30 heavy (non-hydrogen) atoms. The minimum Gasteiger partial charge on any atom is -0.484 e. The van der Waals surface area contributed by atoms with Gasteiger partial charge in [0.05, 0.1) is 6.04 Å². The van der Waals surface area contributed by atoms with Crippen LogP contribution in [0.1, 0.15) is 43.0 Å². The van der Waals surface area contributed by atoms with Crippen LogP contribution in [0.15, 0.2) is 34.7 Å². The van der Waals surface area contributed by atoms with Crippen LogP contribution in [0.5, 0.6) is 5.75 Å². The predicted molar refractivity (Wildman–Crippen MR) is 108 cm³/mol. The highest BCUT2D eigenvalue weighted by atomic mass is 16.5. The van der Waals surface area contributed by atoms with Gasteiger partial charge in [-0.15, -0.1) is 10.2 Å². The molecule has 0 N–H and O–H groups in total. The van der Waals surface area contributed by atoms with Gasteiger partial charge in [-0.2, -0.15) is 0 Å². The third kappa shape index (κ3) is 3.81. The predicted octanol–water partition coefficient (Wildman–Crippen LogP) is 2.25. The second kappa shape index (κ2) is 8.00. The number of likely N-dealkylation sites (tertiary alicyclic amines) is 2. The zero-order valence-electron chi connectivity index (χ0n) is 17.3. The molecule has 3 aliphatic heterocycles. The minimum absolute atomic E-state index is 0.0372. The number of carbonyl (C=O) groups excluding carboxylic acids is 1. The van der Waals surface area contributed by atoms with Crippen molar-refractivity contribution in [1.82, 2.24) is 20.0 Å². The van der Waals surface area contributed by atoms with Gasteiger partial charge in [0.25, 0.3) is 5.91 Å². The maximum atomic E-state index is 12.5. The molecule has 8 heteroatoms. The topological polar surface area (TPSA) is 80.9 Å². The Morgan fingerprint density at radius 1 is 1.13 bits per heavy atom. The molecule has 160 valence electrons. The lowest BCUT2D eigenvalue weighted by Gasteiger charge is -2.48. The largest absolute Gasteiger partial charge is 0.484 e. The number of nitrogens with zero attached hydrogens (tertiary/aromatic N) is 4. The van der Waals surface area contributed by atoms with Gasteiger partial charge in [-0.3, -0.25) is 9.69 Å². The summed E-state index contributed by atoms with van der Waals surface area (Å²) in [6.45, 7) is 4.03.